The van der Waals surface area contributed by atoms with E-state index in [0.29, 0.717) is 35.1 Å². The van der Waals surface area contributed by atoms with Crippen LogP contribution < -0.4 is 10.1 Å². The maximum atomic E-state index is 14.6. The van der Waals surface area contributed by atoms with Gasteiger partial charge in [-0.2, -0.15) is 0 Å². The second-order valence-corrected chi connectivity index (χ2v) is 6.79. The minimum absolute atomic E-state index is 0.0712. The summed E-state index contributed by atoms with van der Waals surface area (Å²) in [5, 5.41) is 3.05. The number of imidazole rings is 1. The van der Waals surface area contributed by atoms with E-state index < -0.39 is 11.8 Å². The summed E-state index contributed by atoms with van der Waals surface area (Å²) in [4.78, 5) is 16.6. The number of halogens is 1. The topological polar surface area (TPSA) is 64.9 Å². The third-order valence-electron chi connectivity index (χ3n) is 4.69. The zero-order chi connectivity index (χ0) is 21.6. The number of anilines is 1. The van der Waals surface area contributed by atoms with Gasteiger partial charge >= 0.3 is 5.97 Å². The van der Waals surface area contributed by atoms with Crippen LogP contribution in [0.2, 0.25) is 0 Å². The quantitative estimate of drug-likeness (QED) is 0.420. The van der Waals surface area contributed by atoms with Crippen molar-refractivity contribution < 1.29 is 18.7 Å². The van der Waals surface area contributed by atoms with E-state index in [4.69, 9.17) is 9.47 Å². The minimum Gasteiger partial charge on any atom is -0.485 e. The normalized spacial score (nSPS) is 10.8. The van der Waals surface area contributed by atoms with Gasteiger partial charge in [0.1, 0.15) is 30.5 Å². The summed E-state index contributed by atoms with van der Waals surface area (Å²) >= 11 is 0. The molecule has 2 heterocycles. The van der Waals surface area contributed by atoms with Crippen molar-refractivity contribution in [2.75, 3.05) is 18.5 Å². The van der Waals surface area contributed by atoms with E-state index in [2.05, 4.69) is 10.3 Å². The third kappa shape index (κ3) is 4.50. The molecule has 0 radical (unpaired) electrons. The first-order valence-electron chi connectivity index (χ1n) is 9.99. The van der Waals surface area contributed by atoms with Gasteiger partial charge in [-0.05, 0) is 36.8 Å². The SMILES string of the molecule is CCOC(=O)CNc1c(-c2ccccc2F)nc2c(OCc3ccccc3)cccn12. The van der Waals surface area contributed by atoms with Crippen molar-refractivity contribution in [3.05, 3.63) is 84.3 Å². The van der Waals surface area contributed by atoms with Crippen LogP contribution in [0.3, 0.4) is 0 Å². The van der Waals surface area contributed by atoms with Gasteiger partial charge in [-0.1, -0.05) is 42.5 Å². The first-order valence-corrected chi connectivity index (χ1v) is 9.99. The van der Waals surface area contributed by atoms with Gasteiger partial charge in [-0.3, -0.25) is 9.20 Å². The van der Waals surface area contributed by atoms with Crippen molar-refractivity contribution in [2.45, 2.75) is 13.5 Å². The summed E-state index contributed by atoms with van der Waals surface area (Å²) in [5.41, 5.74) is 2.25. The largest absolute Gasteiger partial charge is 0.485 e. The molecule has 2 aromatic heterocycles. The summed E-state index contributed by atoms with van der Waals surface area (Å²) in [6, 6.07) is 19.8. The molecule has 0 amide bonds. The first kappa shape index (κ1) is 20.4. The highest BCUT2D eigenvalue weighted by molar-refractivity contribution is 5.82. The van der Waals surface area contributed by atoms with Crippen LogP contribution in [-0.4, -0.2) is 28.5 Å². The fraction of sp³-hybridized carbons (Fsp3) is 0.167. The number of fused-ring (bicyclic) bond motifs is 1. The Bertz CT molecular complexity index is 1190. The second-order valence-electron chi connectivity index (χ2n) is 6.79. The second kappa shape index (κ2) is 9.30. The molecule has 4 rings (SSSR count). The molecular weight excluding hydrogens is 397 g/mol. The molecule has 6 nitrogen and oxygen atoms in total. The van der Waals surface area contributed by atoms with Crippen LogP contribution in [0.25, 0.3) is 16.9 Å². The Morgan fingerprint density at radius 3 is 2.61 bits per heavy atom. The molecule has 0 aliphatic carbocycles. The van der Waals surface area contributed by atoms with E-state index in [-0.39, 0.29) is 13.2 Å². The number of nitrogens with zero attached hydrogens (tertiary/aromatic N) is 2. The van der Waals surface area contributed by atoms with Crippen LogP contribution in [0.4, 0.5) is 10.2 Å². The summed E-state index contributed by atoms with van der Waals surface area (Å²) < 4.78 is 27.3. The lowest BCUT2D eigenvalue weighted by molar-refractivity contribution is -0.140. The molecule has 1 N–H and O–H groups in total. The van der Waals surface area contributed by atoms with E-state index in [1.54, 1.807) is 35.7 Å². The highest BCUT2D eigenvalue weighted by Gasteiger charge is 2.20. The lowest BCUT2D eigenvalue weighted by Crippen LogP contribution is -2.18. The number of carbonyl (C=O) groups excluding carboxylic acids is 1. The van der Waals surface area contributed by atoms with E-state index in [9.17, 15) is 9.18 Å². The van der Waals surface area contributed by atoms with Crippen LogP contribution in [0.1, 0.15) is 12.5 Å². The number of aromatic nitrogens is 2. The molecule has 4 aromatic rings. The molecular formula is C24H22FN3O3. The van der Waals surface area contributed by atoms with Gasteiger partial charge < -0.3 is 14.8 Å². The average molecular weight is 419 g/mol. The molecule has 0 saturated heterocycles. The predicted molar refractivity (Wildman–Crippen MR) is 116 cm³/mol. The average Bonchev–Trinajstić information content (AvgIpc) is 3.16. The molecule has 0 fully saturated rings. The standard InChI is InChI=1S/C24H22FN3O3/c1-2-30-21(29)15-26-24-22(18-11-6-7-12-19(18)25)27-23-20(13-8-14-28(23)24)31-16-17-9-4-3-5-10-17/h3-14,26H,2,15-16H2,1H3. The Kier molecular flexibility index (Phi) is 6.12. The Hall–Kier alpha value is -3.87. The Balaban J connectivity index is 1.74. The molecule has 31 heavy (non-hydrogen) atoms. The molecule has 0 bridgehead atoms. The number of benzene rings is 2. The number of ether oxygens (including phenoxy) is 2. The lowest BCUT2D eigenvalue weighted by atomic mass is 10.1. The van der Waals surface area contributed by atoms with Crippen LogP contribution in [0.15, 0.2) is 72.9 Å². The molecule has 7 heteroatoms. The third-order valence-corrected chi connectivity index (χ3v) is 4.69. The molecule has 0 unspecified atom stereocenters. The van der Waals surface area contributed by atoms with E-state index in [1.165, 1.54) is 6.07 Å². The van der Waals surface area contributed by atoms with Crippen LogP contribution in [0.5, 0.6) is 5.75 Å². The molecule has 0 spiro atoms. The van der Waals surface area contributed by atoms with Crippen LogP contribution in [0, 0.1) is 5.82 Å². The summed E-state index contributed by atoms with van der Waals surface area (Å²) in [6.07, 6.45) is 1.79. The van der Waals surface area contributed by atoms with Gasteiger partial charge in [0.15, 0.2) is 11.4 Å². The summed E-state index contributed by atoms with van der Waals surface area (Å²) in [6.45, 7) is 2.32. The number of rotatable bonds is 8. The molecule has 0 aliphatic rings. The van der Waals surface area contributed by atoms with Gasteiger partial charge in [0, 0.05) is 11.8 Å². The van der Waals surface area contributed by atoms with Crippen molar-refractivity contribution in [3.63, 3.8) is 0 Å². The van der Waals surface area contributed by atoms with Crippen molar-refractivity contribution in [1.82, 2.24) is 9.38 Å². The minimum atomic E-state index is -0.409. The number of hydrogen-bond acceptors (Lipinski definition) is 5. The maximum Gasteiger partial charge on any atom is 0.325 e. The van der Waals surface area contributed by atoms with E-state index >= 15 is 0 Å². The molecule has 0 aliphatic heterocycles. The maximum absolute atomic E-state index is 14.6. The number of hydrogen-bond donors (Lipinski definition) is 1. The van der Waals surface area contributed by atoms with Crippen molar-refractivity contribution in [2.24, 2.45) is 0 Å². The van der Waals surface area contributed by atoms with Crippen LogP contribution >= 0.6 is 0 Å². The van der Waals surface area contributed by atoms with E-state index in [1.807, 2.05) is 42.5 Å². The lowest BCUT2D eigenvalue weighted by Gasteiger charge is -2.10. The van der Waals surface area contributed by atoms with Gasteiger partial charge in [-0.25, -0.2) is 9.37 Å². The molecule has 2 aromatic carbocycles. The smallest absolute Gasteiger partial charge is 0.325 e. The number of nitrogens with one attached hydrogen (secondary N) is 1. The predicted octanol–water partition coefficient (Wildman–Crippen LogP) is 4.69. The molecule has 0 saturated carbocycles. The summed E-state index contributed by atoms with van der Waals surface area (Å²) in [5.74, 6) is 0.219. The molecule has 158 valence electrons. The Labute approximate surface area is 179 Å². The number of carbonyl (C=O) groups is 1. The fourth-order valence-corrected chi connectivity index (χ4v) is 3.27. The van der Waals surface area contributed by atoms with Gasteiger partial charge in [0.05, 0.1) is 6.61 Å². The Morgan fingerprint density at radius 1 is 1.06 bits per heavy atom. The summed E-state index contributed by atoms with van der Waals surface area (Å²) in [7, 11) is 0. The zero-order valence-electron chi connectivity index (χ0n) is 17.0. The van der Waals surface area contributed by atoms with Crippen molar-refractivity contribution in [3.8, 4) is 17.0 Å². The Morgan fingerprint density at radius 2 is 1.84 bits per heavy atom. The monoisotopic (exact) mass is 419 g/mol. The van der Waals surface area contributed by atoms with Gasteiger partial charge in [-0.15, -0.1) is 0 Å². The number of esters is 1. The zero-order valence-corrected chi connectivity index (χ0v) is 17.0. The highest BCUT2D eigenvalue weighted by Crippen LogP contribution is 2.33. The van der Waals surface area contributed by atoms with Gasteiger partial charge in [0.25, 0.3) is 0 Å². The number of pyridine rings is 1. The fourth-order valence-electron chi connectivity index (χ4n) is 3.27. The molecule has 0 atom stereocenters. The van der Waals surface area contributed by atoms with Crippen LogP contribution in [-0.2, 0) is 16.1 Å². The van der Waals surface area contributed by atoms with Gasteiger partial charge in [0.2, 0.25) is 0 Å². The highest BCUT2D eigenvalue weighted by atomic mass is 19.1. The van der Waals surface area contributed by atoms with Crippen molar-refractivity contribution >= 4 is 17.4 Å². The first-order chi connectivity index (χ1) is 15.2. The van der Waals surface area contributed by atoms with Crippen molar-refractivity contribution in [1.29, 1.82) is 0 Å². The van der Waals surface area contributed by atoms with E-state index in [0.717, 1.165) is 5.56 Å².